The van der Waals surface area contributed by atoms with Crippen molar-refractivity contribution in [2.45, 2.75) is 26.2 Å². The summed E-state index contributed by atoms with van der Waals surface area (Å²) in [7, 11) is 1.68. The first-order valence-electron chi connectivity index (χ1n) is 7.12. The van der Waals surface area contributed by atoms with Crippen LogP contribution in [0.3, 0.4) is 0 Å². The van der Waals surface area contributed by atoms with Crippen molar-refractivity contribution in [3.63, 3.8) is 0 Å². The Morgan fingerprint density at radius 3 is 2.60 bits per heavy atom. The second-order valence-electron chi connectivity index (χ2n) is 5.38. The zero-order valence-electron chi connectivity index (χ0n) is 12.3. The summed E-state index contributed by atoms with van der Waals surface area (Å²) in [6.45, 7) is 6.45. The Balaban J connectivity index is 1.99. The Morgan fingerprint density at radius 2 is 2.00 bits per heavy atom. The summed E-state index contributed by atoms with van der Waals surface area (Å²) in [5.41, 5.74) is 4.89. The first-order chi connectivity index (χ1) is 9.70. The minimum absolute atomic E-state index is 0.599. The highest BCUT2D eigenvalue weighted by atomic mass is 16.5. The lowest BCUT2D eigenvalue weighted by Crippen LogP contribution is -2.09. The van der Waals surface area contributed by atoms with Gasteiger partial charge in [0.2, 0.25) is 0 Å². The van der Waals surface area contributed by atoms with Crippen LogP contribution in [-0.4, -0.2) is 30.0 Å². The van der Waals surface area contributed by atoms with E-state index in [0.29, 0.717) is 5.92 Å². The van der Waals surface area contributed by atoms with Crippen LogP contribution in [0.5, 0.6) is 5.75 Å². The maximum Gasteiger partial charge on any atom is 0.119 e. The molecular formula is C16H21N3O. The summed E-state index contributed by atoms with van der Waals surface area (Å²) in [5.74, 6) is 1.47. The van der Waals surface area contributed by atoms with Gasteiger partial charge in [-0.25, -0.2) is 4.68 Å². The molecule has 3 rings (SSSR count). The average Bonchev–Trinajstić information content (AvgIpc) is 3.07. The van der Waals surface area contributed by atoms with E-state index in [9.17, 15) is 0 Å². The molecule has 1 aliphatic rings. The summed E-state index contributed by atoms with van der Waals surface area (Å²) < 4.78 is 7.25. The van der Waals surface area contributed by atoms with E-state index in [4.69, 9.17) is 9.84 Å². The molecule has 1 saturated heterocycles. The van der Waals surface area contributed by atoms with Gasteiger partial charge in [0.25, 0.3) is 0 Å². The highest BCUT2D eigenvalue weighted by Crippen LogP contribution is 2.29. The highest BCUT2D eigenvalue weighted by Gasteiger charge is 2.24. The molecule has 106 valence electrons. The summed E-state index contributed by atoms with van der Waals surface area (Å²) >= 11 is 0. The van der Waals surface area contributed by atoms with E-state index < -0.39 is 0 Å². The van der Waals surface area contributed by atoms with Crippen molar-refractivity contribution in [2.24, 2.45) is 0 Å². The van der Waals surface area contributed by atoms with Gasteiger partial charge in [-0.3, -0.25) is 0 Å². The van der Waals surface area contributed by atoms with E-state index in [1.807, 2.05) is 16.8 Å². The van der Waals surface area contributed by atoms with E-state index in [0.717, 1.165) is 30.2 Å². The van der Waals surface area contributed by atoms with Crippen molar-refractivity contribution in [1.82, 2.24) is 15.1 Å². The SMILES string of the molecule is COc1ccc(-n2nc(C)c(C3CCNC3)c2C)cc1. The number of aryl methyl sites for hydroxylation is 1. The smallest absolute Gasteiger partial charge is 0.119 e. The van der Waals surface area contributed by atoms with Gasteiger partial charge in [-0.05, 0) is 51.1 Å². The number of hydrogen-bond donors (Lipinski definition) is 1. The van der Waals surface area contributed by atoms with E-state index in [-0.39, 0.29) is 0 Å². The number of rotatable bonds is 3. The largest absolute Gasteiger partial charge is 0.497 e. The Labute approximate surface area is 119 Å². The molecule has 4 heteroatoms. The van der Waals surface area contributed by atoms with Crippen molar-refractivity contribution >= 4 is 0 Å². The van der Waals surface area contributed by atoms with Gasteiger partial charge < -0.3 is 10.1 Å². The lowest BCUT2D eigenvalue weighted by atomic mass is 9.96. The van der Waals surface area contributed by atoms with Crippen molar-refractivity contribution in [3.05, 3.63) is 41.2 Å². The predicted molar refractivity (Wildman–Crippen MR) is 79.8 cm³/mol. The zero-order valence-corrected chi connectivity index (χ0v) is 12.3. The first kappa shape index (κ1) is 13.2. The predicted octanol–water partition coefficient (Wildman–Crippen LogP) is 2.57. The third-order valence-electron chi connectivity index (χ3n) is 4.13. The van der Waals surface area contributed by atoms with Crippen molar-refractivity contribution in [3.8, 4) is 11.4 Å². The Bertz CT molecular complexity index is 595. The number of benzene rings is 1. The standard InChI is InChI=1S/C16H21N3O/c1-11-16(13-8-9-17-10-13)12(2)19(18-11)14-4-6-15(20-3)7-5-14/h4-7,13,17H,8-10H2,1-3H3. The van der Waals surface area contributed by atoms with Gasteiger partial charge in [0, 0.05) is 23.7 Å². The quantitative estimate of drug-likeness (QED) is 0.932. The molecule has 2 heterocycles. The second-order valence-corrected chi connectivity index (χ2v) is 5.38. The fourth-order valence-electron chi connectivity index (χ4n) is 3.12. The maximum absolute atomic E-state index is 5.21. The van der Waals surface area contributed by atoms with Gasteiger partial charge in [-0.1, -0.05) is 0 Å². The van der Waals surface area contributed by atoms with E-state index in [1.54, 1.807) is 7.11 Å². The van der Waals surface area contributed by atoms with Crippen LogP contribution in [0.4, 0.5) is 0 Å². The zero-order chi connectivity index (χ0) is 14.1. The molecule has 1 aromatic carbocycles. The van der Waals surface area contributed by atoms with Crippen LogP contribution in [0.2, 0.25) is 0 Å². The van der Waals surface area contributed by atoms with Gasteiger partial charge in [-0.15, -0.1) is 0 Å². The number of nitrogens with one attached hydrogen (secondary N) is 1. The molecule has 0 saturated carbocycles. The van der Waals surface area contributed by atoms with Gasteiger partial charge in [0.05, 0.1) is 18.5 Å². The van der Waals surface area contributed by atoms with Crippen molar-refractivity contribution < 1.29 is 4.74 Å². The molecule has 1 fully saturated rings. The van der Waals surface area contributed by atoms with Gasteiger partial charge >= 0.3 is 0 Å². The maximum atomic E-state index is 5.21. The number of aromatic nitrogens is 2. The monoisotopic (exact) mass is 271 g/mol. The molecule has 0 aliphatic carbocycles. The Hall–Kier alpha value is -1.81. The molecule has 0 radical (unpaired) electrons. The minimum Gasteiger partial charge on any atom is -0.497 e. The van der Waals surface area contributed by atoms with Crippen LogP contribution < -0.4 is 10.1 Å². The van der Waals surface area contributed by atoms with E-state index in [1.165, 1.54) is 17.7 Å². The number of ether oxygens (including phenoxy) is 1. The average molecular weight is 271 g/mol. The van der Waals surface area contributed by atoms with Crippen LogP contribution >= 0.6 is 0 Å². The summed E-state index contributed by atoms with van der Waals surface area (Å²) in [5, 5.41) is 8.16. The molecule has 1 unspecified atom stereocenters. The van der Waals surface area contributed by atoms with E-state index >= 15 is 0 Å². The Morgan fingerprint density at radius 1 is 1.25 bits per heavy atom. The summed E-state index contributed by atoms with van der Waals surface area (Å²) in [6, 6.07) is 8.05. The number of hydrogen-bond acceptors (Lipinski definition) is 3. The molecule has 1 aliphatic heterocycles. The third-order valence-corrected chi connectivity index (χ3v) is 4.13. The molecule has 0 bridgehead atoms. The molecule has 20 heavy (non-hydrogen) atoms. The summed E-state index contributed by atoms with van der Waals surface area (Å²) in [6.07, 6.45) is 1.20. The minimum atomic E-state index is 0.599. The first-order valence-corrected chi connectivity index (χ1v) is 7.12. The number of methoxy groups -OCH3 is 1. The van der Waals surface area contributed by atoms with Crippen LogP contribution in [0, 0.1) is 13.8 Å². The lowest BCUT2D eigenvalue weighted by molar-refractivity contribution is 0.414. The molecule has 1 aromatic heterocycles. The van der Waals surface area contributed by atoms with Crippen LogP contribution in [-0.2, 0) is 0 Å². The normalized spacial score (nSPS) is 18.4. The molecule has 1 atom stereocenters. The molecule has 4 nitrogen and oxygen atoms in total. The highest BCUT2D eigenvalue weighted by molar-refractivity contribution is 5.41. The third kappa shape index (κ3) is 2.20. The Kier molecular flexibility index (Phi) is 3.49. The van der Waals surface area contributed by atoms with Crippen molar-refractivity contribution in [2.75, 3.05) is 20.2 Å². The molecule has 0 amide bonds. The number of nitrogens with zero attached hydrogens (tertiary/aromatic N) is 2. The van der Waals surface area contributed by atoms with Crippen LogP contribution in [0.15, 0.2) is 24.3 Å². The van der Waals surface area contributed by atoms with Crippen molar-refractivity contribution in [1.29, 1.82) is 0 Å². The lowest BCUT2D eigenvalue weighted by Gasteiger charge is -2.10. The molecule has 0 spiro atoms. The molecule has 1 N–H and O–H groups in total. The van der Waals surface area contributed by atoms with Crippen LogP contribution in [0.1, 0.15) is 29.3 Å². The topological polar surface area (TPSA) is 39.1 Å². The van der Waals surface area contributed by atoms with Crippen LogP contribution in [0.25, 0.3) is 5.69 Å². The summed E-state index contributed by atoms with van der Waals surface area (Å²) in [4.78, 5) is 0. The molecule has 2 aromatic rings. The fraction of sp³-hybridized carbons (Fsp3) is 0.438. The van der Waals surface area contributed by atoms with Gasteiger partial charge in [0.1, 0.15) is 5.75 Å². The van der Waals surface area contributed by atoms with Gasteiger partial charge in [0.15, 0.2) is 0 Å². The second kappa shape index (κ2) is 5.29. The van der Waals surface area contributed by atoms with Gasteiger partial charge in [-0.2, -0.15) is 5.10 Å². The van der Waals surface area contributed by atoms with E-state index in [2.05, 4.69) is 31.3 Å². The fourth-order valence-corrected chi connectivity index (χ4v) is 3.12. The molecular weight excluding hydrogens is 250 g/mol.